The van der Waals surface area contributed by atoms with E-state index in [9.17, 15) is 0 Å². The summed E-state index contributed by atoms with van der Waals surface area (Å²) in [7, 11) is 4.42. The number of rotatable bonds is 3. The summed E-state index contributed by atoms with van der Waals surface area (Å²) < 4.78 is 0. The van der Waals surface area contributed by atoms with Gasteiger partial charge in [-0.2, -0.15) is 0 Å². The van der Waals surface area contributed by atoms with Crippen LogP contribution in [0.5, 0.6) is 0 Å². The molecule has 94 valence electrons. The first kappa shape index (κ1) is 12.4. The molecule has 0 aromatic heterocycles. The molecule has 0 bridgehead atoms. The Kier molecular flexibility index (Phi) is 3.43. The summed E-state index contributed by atoms with van der Waals surface area (Å²) in [5.41, 5.74) is 4.31. The van der Waals surface area contributed by atoms with Gasteiger partial charge in [0.1, 0.15) is 0 Å². The summed E-state index contributed by atoms with van der Waals surface area (Å²) in [6, 6.07) is 7.45. The second kappa shape index (κ2) is 4.69. The molecule has 0 N–H and O–H groups in total. The van der Waals surface area contributed by atoms with E-state index in [1.54, 1.807) is 0 Å². The molecular weight excluding hydrogens is 208 g/mol. The number of aryl methyl sites for hydroxylation is 1. The van der Waals surface area contributed by atoms with Crippen molar-refractivity contribution in [3.8, 4) is 0 Å². The summed E-state index contributed by atoms with van der Waals surface area (Å²) in [6.45, 7) is 9.01. The van der Waals surface area contributed by atoms with Crippen LogP contribution in [0.4, 0.5) is 5.69 Å². The van der Waals surface area contributed by atoms with E-state index in [0.29, 0.717) is 12.0 Å². The molecule has 0 unspecified atom stereocenters. The first-order valence-corrected chi connectivity index (χ1v) is 6.56. The summed E-state index contributed by atoms with van der Waals surface area (Å²) in [5.74, 6) is 0.639. The largest absolute Gasteiger partial charge is 0.371 e. The van der Waals surface area contributed by atoms with Crippen molar-refractivity contribution in [1.29, 1.82) is 0 Å². The van der Waals surface area contributed by atoms with Gasteiger partial charge in [-0.05, 0) is 39.1 Å². The number of hydrogen-bond acceptors (Lipinski definition) is 2. The Morgan fingerprint density at radius 2 is 2.06 bits per heavy atom. The number of nitrogens with zero attached hydrogens (tertiary/aromatic N) is 2. The molecule has 0 spiro atoms. The Bertz CT molecular complexity index is 400. The van der Waals surface area contributed by atoms with Gasteiger partial charge in [-0.15, -0.1) is 0 Å². The maximum atomic E-state index is 2.42. The minimum absolute atomic E-state index is 0.598. The maximum absolute atomic E-state index is 2.42. The van der Waals surface area contributed by atoms with E-state index in [2.05, 4.69) is 62.9 Å². The van der Waals surface area contributed by atoms with E-state index in [1.165, 1.54) is 16.8 Å². The quantitative estimate of drug-likeness (QED) is 0.790. The van der Waals surface area contributed by atoms with Crippen molar-refractivity contribution in [2.75, 3.05) is 32.1 Å². The van der Waals surface area contributed by atoms with Crippen LogP contribution in [0.3, 0.4) is 0 Å². The van der Waals surface area contributed by atoms with Crippen molar-refractivity contribution < 1.29 is 0 Å². The Morgan fingerprint density at radius 1 is 1.35 bits per heavy atom. The molecule has 2 heteroatoms. The lowest BCUT2D eigenvalue weighted by Gasteiger charge is -2.26. The Labute approximate surface area is 105 Å². The molecule has 2 nitrogen and oxygen atoms in total. The van der Waals surface area contributed by atoms with Crippen molar-refractivity contribution in [1.82, 2.24) is 4.90 Å². The van der Waals surface area contributed by atoms with Gasteiger partial charge in [-0.25, -0.2) is 0 Å². The van der Waals surface area contributed by atoms with Gasteiger partial charge in [0, 0.05) is 31.2 Å². The van der Waals surface area contributed by atoms with Crippen molar-refractivity contribution >= 4 is 5.69 Å². The highest BCUT2D eigenvalue weighted by atomic mass is 15.2. The zero-order valence-corrected chi connectivity index (χ0v) is 11.7. The normalized spacial score (nSPS) is 23.3. The first-order valence-electron chi connectivity index (χ1n) is 6.56. The summed E-state index contributed by atoms with van der Waals surface area (Å²) in [4.78, 5) is 4.83. The molecule has 0 amide bonds. The summed E-state index contributed by atoms with van der Waals surface area (Å²) in [5, 5.41) is 0. The molecule has 2 atom stereocenters. The topological polar surface area (TPSA) is 6.48 Å². The second-order valence-corrected chi connectivity index (χ2v) is 5.38. The van der Waals surface area contributed by atoms with Crippen LogP contribution in [0.2, 0.25) is 0 Å². The average molecular weight is 232 g/mol. The van der Waals surface area contributed by atoms with E-state index < -0.39 is 0 Å². The number of likely N-dealkylation sites (N-methyl/N-ethyl adjacent to an activating group) is 2. The molecule has 0 aliphatic carbocycles. The third-order valence-corrected chi connectivity index (χ3v) is 4.20. The Morgan fingerprint density at radius 3 is 2.71 bits per heavy atom. The summed E-state index contributed by atoms with van der Waals surface area (Å²) >= 11 is 0. The van der Waals surface area contributed by atoms with Gasteiger partial charge in [0.15, 0.2) is 0 Å². The van der Waals surface area contributed by atoms with Gasteiger partial charge < -0.3 is 9.80 Å². The molecule has 0 radical (unpaired) electrons. The van der Waals surface area contributed by atoms with Crippen LogP contribution in [0.25, 0.3) is 0 Å². The van der Waals surface area contributed by atoms with Gasteiger partial charge in [0.25, 0.3) is 0 Å². The molecule has 0 fully saturated rings. The number of fused-ring (bicyclic) bond motifs is 1. The lowest BCUT2D eigenvalue weighted by Crippen LogP contribution is -2.33. The highest BCUT2D eigenvalue weighted by Gasteiger charge is 2.33. The molecule has 1 heterocycles. The Balaban J connectivity index is 2.32. The Hall–Kier alpha value is -1.02. The van der Waals surface area contributed by atoms with Gasteiger partial charge in [0.2, 0.25) is 0 Å². The SMILES string of the molecule is CCN(C)C[C@H]1c2cc(C)ccc2N(C)[C@H]1C. The van der Waals surface area contributed by atoms with Crippen molar-refractivity contribution in [2.24, 2.45) is 0 Å². The number of benzene rings is 1. The zero-order valence-electron chi connectivity index (χ0n) is 11.7. The van der Waals surface area contributed by atoms with Crippen LogP contribution in [-0.4, -0.2) is 38.1 Å². The molecule has 1 aromatic rings. The van der Waals surface area contributed by atoms with Crippen LogP contribution in [0, 0.1) is 6.92 Å². The van der Waals surface area contributed by atoms with Crippen LogP contribution in [-0.2, 0) is 0 Å². The van der Waals surface area contributed by atoms with E-state index >= 15 is 0 Å². The van der Waals surface area contributed by atoms with E-state index in [0.717, 1.165) is 13.1 Å². The highest BCUT2D eigenvalue weighted by molar-refractivity contribution is 5.62. The van der Waals surface area contributed by atoms with E-state index in [4.69, 9.17) is 0 Å². The fourth-order valence-electron chi connectivity index (χ4n) is 2.76. The molecule has 17 heavy (non-hydrogen) atoms. The van der Waals surface area contributed by atoms with Crippen LogP contribution in [0.15, 0.2) is 18.2 Å². The van der Waals surface area contributed by atoms with Crippen LogP contribution < -0.4 is 4.90 Å². The molecule has 1 aliphatic heterocycles. The van der Waals surface area contributed by atoms with Crippen LogP contribution in [0.1, 0.15) is 30.9 Å². The summed E-state index contributed by atoms with van der Waals surface area (Å²) in [6.07, 6.45) is 0. The van der Waals surface area contributed by atoms with Crippen molar-refractivity contribution in [3.63, 3.8) is 0 Å². The third-order valence-electron chi connectivity index (χ3n) is 4.20. The van der Waals surface area contributed by atoms with Crippen LogP contribution >= 0.6 is 0 Å². The minimum atomic E-state index is 0.598. The predicted molar refractivity (Wildman–Crippen MR) is 75.0 cm³/mol. The average Bonchev–Trinajstić information content (AvgIpc) is 2.54. The lowest BCUT2D eigenvalue weighted by atomic mass is 9.94. The highest BCUT2D eigenvalue weighted by Crippen LogP contribution is 2.40. The third kappa shape index (κ3) is 2.19. The maximum Gasteiger partial charge on any atom is 0.0403 e. The molecule has 1 aromatic carbocycles. The number of hydrogen-bond donors (Lipinski definition) is 0. The molecule has 1 aliphatic rings. The van der Waals surface area contributed by atoms with E-state index in [1.807, 2.05) is 0 Å². The smallest absolute Gasteiger partial charge is 0.0403 e. The van der Waals surface area contributed by atoms with Gasteiger partial charge >= 0.3 is 0 Å². The molecule has 0 saturated carbocycles. The minimum Gasteiger partial charge on any atom is -0.371 e. The fraction of sp³-hybridized carbons (Fsp3) is 0.600. The molecular formula is C15H24N2. The lowest BCUT2D eigenvalue weighted by molar-refractivity contribution is 0.316. The first-order chi connectivity index (χ1) is 8.04. The second-order valence-electron chi connectivity index (χ2n) is 5.38. The standard InChI is InChI=1S/C15H24N2/c1-6-16(4)10-14-12(3)17(5)15-8-7-11(2)9-13(14)15/h7-9,12,14H,6,10H2,1-5H3/t12-,14+/m0/s1. The van der Waals surface area contributed by atoms with Gasteiger partial charge in [0.05, 0.1) is 0 Å². The fourth-order valence-corrected chi connectivity index (χ4v) is 2.76. The van der Waals surface area contributed by atoms with Crippen molar-refractivity contribution in [2.45, 2.75) is 32.7 Å². The van der Waals surface area contributed by atoms with Crippen molar-refractivity contribution in [3.05, 3.63) is 29.3 Å². The number of anilines is 1. The zero-order chi connectivity index (χ0) is 12.6. The molecule has 2 rings (SSSR count). The predicted octanol–water partition coefficient (Wildman–Crippen LogP) is 2.87. The van der Waals surface area contributed by atoms with Gasteiger partial charge in [-0.1, -0.05) is 24.6 Å². The molecule has 0 saturated heterocycles. The van der Waals surface area contributed by atoms with E-state index in [-0.39, 0.29) is 0 Å². The monoisotopic (exact) mass is 232 g/mol. The van der Waals surface area contributed by atoms with Gasteiger partial charge in [-0.3, -0.25) is 0 Å².